The number of fused-ring (bicyclic) bond motifs is 1. The van der Waals surface area contributed by atoms with Gasteiger partial charge in [0.15, 0.2) is 0 Å². The molecule has 3 aromatic rings. The maximum Gasteiger partial charge on any atom is 0.416 e. The van der Waals surface area contributed by atoms with Gasteiger partial charge in [-0.15, -0.1) is 0 Å². The van der Waals surface area contributed by atoms with E-state index in [2.05, 4.69) is 0 Å². The second-order valence-electron chi connectivity index (χ2n) is 5.92. The molecule has 0 atom stereocenters. The van der Waals surface area contributed by atoms with Crippen molar-refractivity contribution in [3.63, 3.8) is 0 Å². The van der Waals surface area contributed by atoms with Crippen molar-refractivity contribution in [3.8, 4) is 6.07 Å². The summed E-state index contributed by atoms with van der Waals surface area (Å²) in [5.74, 6) is -0.529. The van der Waals surface area contributed by atoms with Crippen molar-refractivity contribution in [2.45, 2.75) is 19.6 Å². The van der Waals surface area contributed by atoms with Gasteiger partial charge in [-0.25, -0.2) is 4.79 Å². The molecule has 1 heterocycles. The molecule has 27 heavy (non-hydrogen) atoms. The monoisotopic (exact) mass is 372 g/mol. The van der Waals surface area contributed by atoms with E-state index in [1.807, 2.05) is 6.07 Å². The zero-order valence-corrected chi connectivity index (χ0v) is 14.4. The van der Waals surface area contributed by atoms with Crippen molar-refractivity contribution in [2.75, 3.05) is 6.61 Å². The van der Waals surface area contributed by atoms with E-state index in [4.69, 9.17) is 10.00 Å². The van der Waals surface area contributed by atoms with Gasteiger partial charge in [-0.1, -0.05) is 18.2 Å². The first-order valence-corrected chi connectivity index (χ1v) is 8.20. The van der Waals surface area contributed by atoms with Gasteiger partial charge in [0, 0.05) is 11.9 Å². The van der Waals surface area contributed by atoms with E-state index in [1.165, 1.54) is 12.1 Å². The Labute approximate surface area is 153 Å². The van der Waals surface area contributed by atoms with E-state index in [-0.39, 0.29) is 18.8 Å². The number of benzene rings is 2. The largest absolute Gasteiger partial charge is 0.461 e. The number of alkyl halides is 3. The number of hydrogen-bond acceptors (Lipinski definition) is 3. The van der Waals surface area contributed by atoms with Gasteiger partial charge in [-0.05, 0) is 42.8 Å². The van der Waals surface area contributed by atoms with Crippen molar-refractivity contribution in [2.24, 2.45) is 0 Å². The average Bonchev–Trinajstić information content (AvgIpc) is 2.99. The maximum absolute atomic E-state index is 12.7. The fourth-order valence-corrected chi connectivity index (χ4v) is 2.85. The van der Waals surface area contributed by atoms with Crippen molar-refractivity contribution in [1.82, 2.24) is 4.57 Å². The Morgan fingerprint density at radius 1 is 1.15 bits per heavy atom. The first-order valence-electron chi connectivity index (χ1n) is 8.20. The Morgan fingerprint density at radius 3 is 2.44 bits per heavy atom. The van der Waals surface area contributed by atoms with Crippen LogP contribution in [0.2, 0.25) is 0 Å². The van der Waals surface area contributed by atoms with E-state index in [9.17, 15) is 18.0 Å². The molecule has 0 aliphatic heterocycles. The van der Waals surface area contributed by atoms with Gasteiger partial charge in [0.25, 0.3) is 0 Å². The molecule has 0 saturated carbocycles. The fourth-order valence-electron chi connectivity index (χ4n) is 2.85. The summed E-state index contributed by atoms with van der Waals surface area (Å²) in [5.41, 5.74) is 1.19. The van der Waals surface area contributed by atoms with Gasteiger partial charge in [0.2, 0.25) is 0 Å². The number of nitriles is 1. The standard InChI is InChI=1S/C20H15F3N2O2/c1-2-27-19(26)18-10-15-6-3-14(11-24)9-17(15)25(18)12-13-4-7-16(8-5-13)20(21,22)23/h3-10H,2,12H2,1H3. The number of halogens is 3. The number of rotatable bonds is 4. The summed E-state index contributed by atoms with van der Waals surface area (Å²) >= 11 is 0. The van der Waals surface area contributed by atoms with Gasteiger partial charge in [-0.3, -0.25) is 0 Å². The number of carbonyl (C=O) groups is 1. The van der Waals surface area contributed by atoms with Crippen molar-refractivity contribution in [3.05, 3.63) is 70.9 Å². The van der Waals surface area contributed by atoms with Gasteiger partial charge in [0.05, 0.1) is 29.3 Å². The van der Waals surface area contributed by atoms with Crippen LogP contribution in [0, 0.1) is 11.3 Å². The second-order valence-corrected chi connectivity index (χ2v) is 5.92. The van der Waals surface area contributed by atoms with E-state index >= 15 is 0 Å². The fraction of sp³-hybridized carbons (Fsp3) is 0.200. The number of ether oxygens (including phenoxy) is 1. The van der Waals surface area contributed by atoms with E-state index < -0.39 is 17.7 Å². The van der Waals surface area contributed by atoms with Crippen molar-refractivity contribution < 1.29 is 22.7 Å². The number of esters is 1. The van der Waals surface area contributed by atoms with Crippen molar-refractivity contribution in [1.29, 1.82) is 5.26 Å². The molecule has 0 radical (unpaired) electrons. The molecule has 0 unspecified atom stereocenters. The highest BCUT2D eigenvalue weighted by molar-refractivity contribution is 5.96. The van der Waals surface area contributed by atoms with Crippen LogP contribution in [0.25, 0.3) is 10.9 Å². The van der Waals surface area contributed by atoms with Crippen LogP contribution in [-0.4, -0.2) is 17.1 Å². The number of aromatic nitrogens is 1. The number of nitrogens with zero attached hydrogens (tertiary/aromatic N) is 2. The Hall–Kier alpha value is -3.27. The summed E-state index contributed by atoms with van der Waals surface area (Å²) in [6.45, 7) is 2.06. The third-order valence-electron chi connectivity index (χ3n) is 4.14. The minimum absolute atomic E-state index is 0.171. The normalized spacial score (nSPS) is 11.4. The van der Waals surface area contributed by atoms with Gasteiger partial charge < -0.3 is 9.30 Å². The average molecular weight is 372 g/mol. The molecule has 0 bridgehead atoms. The SMILES string of the molecule is CCOC(=O)c1cc2ccc(C#N)cc2n1Cc1ccc(C(F)(F)F)cc1. The molecule has 0 saturated heterocycles. The smallest absolute Gasteiger partial charge is 0.416 e. The summed E-state index contributed by atoms with van der Waals surface area (Å²) in [4.78, 5) is 12.3. The van der Waals surface area contributed by atoms with Crippen LogP contribution in [0.15, 0.2) is 48.5 Å². The molecule has 0 fully saturated rings. The molecule has 4 nitrogen and oxygen atoms in total. The lowest BCUT2D eigenvalue weighted by Crippen LogP contribution is -2.13. The summed E-state index contributed by atoms with van der Waals surface area (Å²) in [7, 11) is 0. The summed E-state index contributed by atoms with van der Waals surface area (Å²) in [6, 6.07) is 13.5. The predicted molar refractivity (Wildman–Crippen MR) is 93.2 cm³/mol. The zero-order chi connectivity index (χ0) is 19.6. The molecule has 0 N–H and O–H groups in total. The zero-order valence-electron chi connectivity index (χ0n) is 14.4. The lowest BCUT2D eigenvalue weighted by molar-refractivity contribution is -0.137. The molecular formula is C20H15F3N2O2. The molecular weight excluding hydrogens is 357 g/mol. The van der Waals surface area contributed by atoms with Crippen LogP contribution in [0.5, 0.6) is 0 Å². The molecule has 0 spiro atoms. The van der Waals surface area contributed by atoms with E-state index in [1.54, 1.807) is 35.8 Å². The van der Waals surface area contributed by atoms with Gasteiger partial charge in [0.1, 0.15) is 5.69 Å². The maximum atomic E-state index is 12.7. The predicted octanol–water partition coefficient (Wildman–Crippen LogP) is 4.76. The molecule has 7 heteroatoms. The van der Waals surface area contributed by atoms with Crippen LogP contribution in [0.4, 0.5) is 13.2 Å². The van der Waals surface area contributed by atoms with Crippen LogP contribution in [0.1, 0.15) is 34.1 Å². The number of hydrogen-bond donors (Lipinski definition) is 0. The molecule has 2 aromatic carbocycles. The topological polar surface area (TPSA) is 55.0 Å². The highest BCUT2D eigenvalue weighted by atomic mass is 19.4. The quantitative estimate of drug-likeness (QED) is 0.621. The van der Waals surface area contributed by atoms with Crippen LogP contribution >= 0.6 is 0 Å². The van der Waals surface area contributed by atoms with E-state index in [0.29, 0.717) is 16.6 Å². The Kier molecular flexibility index (Phi) is 4.91. The number of carbonyl (C=O) groups excluding carboxylic acids is 1. The highest BCUT2D eigenvalue weighted by Gasteiger charge is 2.30. The minimum Gasteiger partial charge on any atom is -0.461 e. The molecule has 3 rings (SSSR count). The lowest BCUT2D eigenvalue weighted by Gasteiger charge is -2.12. The third-order valence-corrected chi connectivity index (χ3v) is 4.14. The van der Waals surface area contributed by atoms with Gasteiger partial charge in [-0.2, -0.15) is 18.4 Å². The molecule has 138 valence electrons. The molecule has 0 amide bonds. The highest BCUT2D eigenvalue weighted by Crippen LogP contribution is 2.30. The van der Waals surface area contributed by atoms with Crippen LogP contribution in [0.3, 0.4) is 0 Å². The summed E-state index contributed by atoms with van der Waals surface area (Å²) < 4.78 is 45.0. The third kappa shape index (κ3) is 3.80. The summed E-state index contributed by atoms with van der Waals surface area (Å²) in [6.07, 6.45) is -4.41. The Balaban J connectivity index is 2.06. The second kappa shape index (κ2) is 7.16. The Bertz CT molecular complexity index is 1030. The summed E-state index contributed by atoms with van der Waals surface area (Å²) in [5, 5.41) is 9.87. The Morgan fingerprint density at radius 2 is 1.85 bits per heavy atom. The first-order chi connectivity index (χ1) is 12.8. The van der Waals surface area contributed by atoms with Gasteiger partial charge >= 0.3 is 12.1 Å². The minimum atomic E-state index is -4.41. The van der Waals surface area contributed by atoms with Crippen molar-refractivity contribution >= 4 is 16.9 Å². The van der Waals surface area contributed by atoms with Crippen LogP contribution < -0.4 is 0 Å². The van der Waals surface area contributed by atoms with Crippen LogP contribution in [-0.2, 0) is 17.5 Å². The first kappa shape index (κ1) is 18.5. The molecule has 1 aromatic heterocycles. The lowest BCUT2D eigenvalue weighted by atomic mass is 10.1. The van der Waals surface area contributed by atoms with E-state index in [0.717, 1.165) is 17.5 Å². The molecule has 0 aliphatic carbocycles. The molecule has 0 aliphatic rings.